The van der Waals surface area contributed by atoms with Crippen LogP contribution in [0.15, 0.2) is 18.2 Å². The maximum atomic E-state index is 12.0. The molecular weight excluding hydrogens is 262 g/mol. The van der Waals surface area contributed by atoms with Crippen LogP contribution in [0.4, 0.5) is 0 Å². The van der Waals surface area contributed by atoms with Crippen molar-refractivity contribution < 1.29 is 24.2 Å². The highest BCUT2D eigenvalue weighted by atomic mass is 16.5. The van der Waals surface area contributed by atoms with Gasteiger partial charge in [0.15, 0.2) is 0 Å². The number of nitrogens with one attached hydrogen (secondary N) is 1. The van der Waals surface area contributed by atoms with E-state index in [9.17, 15) is 9.59 Å². The Kier molecular flexibility index (Phi) is 5.42. The molecule has 0 radical (unpaired) electrons. The van der Waals surface area contributed by atoms with Crippen molar-refractivity contribution in [2.75, 3.05) is 14.2 Å². The van der Waals surface area contributed by atoms with Gasteiger partial charge in [-0.05, 0) is 12.1 Å². The molecule has 2 N–H and O–H groups in total. The van der Waals surface area contributed by atoms with Crippen molar-refractivity contribution in [3.05, 3.63) is 23.8 Å². The number of methoxy groups -OCH3 is 2. The van der Waals surface area contributed by atoms with Gasteiger partial charge in [-0.2, -0.15) is 0 Å². The maximum Gasteiger partial charge on any atom is 0.327 e. The summed E-state index contributed by atoms with van der Waals surface area (Å²) in [6.07, 6.45) is 4.97. The topological polar surface area (TPSA) is 84.9 Å². The Morgan fingerprint density at radius 1 is 1.30 bits per heavy atom. The number of ether oxygens (including phenoxy) is 2. The lowest BCUT2D eigenvalue weighted by molar-refractivity contribution is -0.139. The van der Waals surface area contributed by atoms with Crippen LogP contribution in [0.5, 0.6) is 11.5 Å². The molecular formula is C14H15NO5. The molecule has 1 amide bonds. The van der Waals surface area contributed by atoms with E-state index in [1.807, 2.05) is 0 Å². The molecule has 106 valence electrons. The van der Waals surface area contributed by atoms with Crippen LogP contribution in [-0.4, -0.2) is 37.2 Å². The molecule has 0 heterocycles. The predicted octanol–water partition coefficient (Wildman–Crippen LogP) is 0.910. The van der Waals surface area contributed by atoms with Gasteiger partial charge in [0, 0.05) is 18.1 Å². The summed E-state index contributed by atoms with van der Waals surface area (Å²) < 4.78 is 10.1. The molecule has 0 aliphatic rings. The zero-order valence-electron chi connectivity index (χ0n) is 11.2. The monoisotopic (exact) mass is 277 g/mol. The van der Waals surface area contributed by atoms with Crippen LogP contribution in [0.3, 0.4) is 0 Å². The highest BCUT2D eigenvalue weighted by molar-refractivity contribution is 5.97. The molecule has 0 bridgehead atoms. The molecule has 1 rings (SSSR count). The summed E-state index contributed by atoms with van der Waals surface area (Å²) >= 11 is 0. The number of carbonyl (C=O) groups is 2. The second kappa shape index (κ2) is 7.04. The second-order valence-electron chi connectivity index (χ2n) is 3.87. The average Bonchev–Trinajstić information content (AvgIpc) is 2.45. The van der Waals surface area contributed by atoms with Crippen molar-refractivity contribution in [1.29, 1.82) is 0 Å². The molecule has 0 spiro atoms. The quantitative estimate of drug-likeness (QED) is 0.755. The first-order valence-corrected chi connectivity index (χ1v) is 5.72. The summed E-state index contributed by atoms with van der Waals surface area (Å²) in [5.74, 6) is 1.31. The Morgan fingerprint density at radius 2 is 1.85 bits per heavy atom. The van der Waals surface area contributed by atoms with Crippen molar-refractivity contribution in [2.24, 2.45) is 0 Å². The number of benzene rings is 1. The molecule has 0 aromatic heterocycles. The number of hydrogen-bond acceptors (Lipinski definition) is 4. The number of carbonyl (C=O) groups excluding carboxylic acids is 1. The first kappa shape index (κ1) is 15.4. The highest BCUT2D eigenvalue weighted by Crippen LogP contribution is 2.22. The van der Waals surface area contributed by atoms with Crippen molar-refractivity contribution in [3.63, 3.8) is 0 Å². The molecule has 1 aromatic rings. The zero-order chi connectivity index (χ0) is 15.1. The molecule has 0 fully saturated rings. The Balaban J connectivity index is 2.96. The van der Waals surface area contributed by atoms with Crippen LogP contribution in [0.2, 0.25) is 0 Å². The molecule has 1 aromatic carbocycles. The fourth-order valence-electron chi connectivity index (χ4n) is 1.50. The predicted molar refractivity (Wildman–Crippen MR) is 71.9 cm³/mol. The third-order valence-electron chi connectivity index (χ3n) is 2.54. The smallest absolute Gasteiger partial charge is 0.327 e. The molecule has 1 atom stereocenters. The van der Waals surface area contributed by atoms with E-state index in [0.29, 0.717) is 11.5 Å². The molecule has 6 heteroatoms. The SMILES string of the molecule is C#CCC(NC(=O)c1cc(OC)cc(OC)c1)C(=O)O. The van der Waals surface area contributed by atoms with Crippen LogP contribution in [-0.2, 0) is 4.79 Å². The van der Waals surface area contributed by atoms with Gasteiger partial charge in [-0.25, -0.2) is 4.79 Å². The van der Waals surface area contributed by atoms with Crippen molar-refractivity contribution in [3.8, 4) is 23.8 Å². The van der Waals surface area contributed by atoms with E-state index < -0.39 is 17.9 Å². The van der Waals surface area contributed by atoms with Crippen LogP contribution < -0.4 is 14.8 Å². The number of carboxylic acid groups (broad SMARTS) is 1. The molecule has 6 nitrogen and oxygen atoms in total. The van der Waals surface area contributed by atoms with Gasteiger partial charge in [0.1, 0.15) is 17.5 Å². The summed E-state index contributed by atoms with van der Waals surface area (Å²) in [5.41, 5.74) is 0.226. The van der Waals surface area contributed by atoms with Gasteiger partial charge in [-0.3, -0.25) is 4.79 Å². The van der Waals surface area contributed by atoms with E-state index in [1.54, 1.807) is 6.07 Å². The average molecular weight is 277 g/mol. The molecule has 0 saturated heterocycles. The minimum atomic E-state index is -1.19. The fraction of sp³-hybridized carbons (Fsp3) is 0.286. The van der Waals surface area contributed by atoms with Gasteiger partial charge < -0.3 is 19.9 Å². The van der Waals surface area contributed by atoms with E-state index in [-0.39, 0.29) is 12.0 Å². The first-order chi connectivity index (χ1) is 9.51. The first-order valence-electron chi connectivity index (χ1n) is 5.72. The number of aliphatic carboxylic acids is 1. The van der Waals surface area contributed by atoms with E-state index in [4.69, 9.17) is 21.0 Å². The van der Waals surface area contributed by atoms with Gasteiger partial charge in [-0.1, -0.05) is 0 Å². The third-order valence-corrected chi connectivity index (χ3v) is 2.54. The van der Waals surface area contributed by atoms with Crippen molar-refractivity contribution in [1.82, 2.24) is 5.32 Å². The zero-order valence-corrected chi connectivity index (χ0v) is 11.2. The van der Waals surface area contributed by atoms with Crippen molar-refractivity contribution >= 4 is 11.9 Å². The lowest BCUT2D eigenvalue weighted by Crippen LogP contribution is -2.40. The molecule has 20 heavy (non-hydrogen) atoms. The van der Waals surface area contributed by atoms with Crippen LogP contribution >= 0.6 is 0 Å². The summed E-state index contributed by atoms with van der Waals surface area (Å²) in [6.45, 7) is 0. The van der Waals surface area contributed by atoms with Crippen molar-refractivity contribution in [2.45, 2.75) is 12.5 Å². The number of terminal acetylenes is 1. The molecule has 0 aliphatic heterocycles. The normalized spacial score (nSPS) is 11.1. The number of amides is 1. The summed E-state index contributed by atoms with van der Waals surface area (Å²) in [6, 6.07) is 3.43. The Hall–Kier alpha value is -2.68. The molecule has 0 aliphatic carbocycles. The molecule has 1 unspecified atom stereocenters. The largest absolute Gasteiger partial charge is 0.497 e. The lowest BCUT2D eigenvalue weighted by atomic mass is 10.1. The Morgan fingerprint density at radius 3 is 2.25 bits per heavy atom. The number of hydrogen-bond donors (Lipinski definition) is 2. The molecule has 0 saturated carbocycles. The Bertz CT molecular complexity index is 525. The fourth-order valence-corrected chi connectivity index (χ4v) is 1.50. The van der Waals surface area contributed by atoms with Gasteiger partial charge in [-0.15, -0.1) is 12.3 Å². The van der Waals surface area contributed by atoms with E-state index in [1.165, 1.54) is 26.4 Å². The summed E-state index contributed by atoms with van der Waals surface area (Å²) in [4.78, 5) is 23.0. The Labute approximate surface area is 116 Å². The standard InChI is InChI=1S/C14H15NO5/c1-4-5-12(14(17)18)15-13(16)9-6-10(19-2)8-11(7-9)20-3/h1,6-8,12H,5H2,2-3H3,(H,15,16)(H,17,18). The summed E-state index contributed by atoms with van der Waals surface area (Å²) in [7, 11) is 2.91. The minimum absolute atomic E-state index is 0.0951. The van der Waals surface area contributed by atoms with Crippen LogP contribution in [0.1, 0.15) is 16.8 Å². The lowest BCUT2D eigenvalue weighted by Gasteiger charge is -2.13. The van der Waals surface area contributed by atoms with Crippen LogP contribution in [0.25, 0.3) is 0 Å². The van der Waals surface area contributed by atoms with Gasteiger partial charge in [0.2, 0.25) is 0 Å². The van der Waals surface area contributed by atoms with E-state index in [2.05, 4.69) is 11.2 Å². The minimum Gasteiger partial charge on any atom is -0.497 e. The number of carboxylic acids is 1. The van der Waals surface area contributed by atoms with Gasteiger partial charge in [0.25, 0.3) is 5.91 Å². The van der Waals surface area contributed by atoms with Crippen LogP contribution in [0, 0.1) is 12.3 Å². The van der Waals surface area contributed by atoms with E-state index in [0.717, 1.165) is 0 Å². The van der Waals surface area contributed by atoms with E-state index >= 15 is 0 Å². The van der Waals surface area contributed by atoms with Gasteiger partial charge >= 0.3 is 5.97 Å². The highest BCUT2D eigenvalue weighted by Gasteiger charge is 2.20. The maximum absolute atomic E-state index is 12.0. The second-order valence-corrected chi connectivity index (χ2v) is 3.87. The van der Waals surface area contributed by atoms with Gasteiger partial charge in [0.05, 0.1) is 14.2 Å². The number of rotatable bonds is 6. The third kappa shape index (κ3) is 3.92. The summed E-state index contributed by atoms with van der Waals surface area (Å²) in [5, 5.41) is 11.3.